The number of nitrogens with zero attached hydrogens (tertiary/aromatic N) is 3. The number of rotatable bonds is 3. The molecule has 0 aliphatic heterocycles. The third-order valence-electron chi connectivity index (χ3n) is 2.81. The lowest BCUT2D eigenvalue weighted by Crippen LogP contribution is -2.28. The lowest BCUT2D eigenvalue weighted by molar-refractivity contribution is -0.169. The predicted octanol–water partition coefficient (Wildman–Crippen LogP) is 2.77. The first-order valence-electron chi connectivity index (χ1n) is 6.28. The van der Waals surface area contributed by atoms with E-state index in [2.05, 4.69) is 9.98 Å². The summed E-state index contributed by atoms with van der Waals surface area (Å²) in [5, 5.41) is 0.363. The summed E-state index contributed by atoms with van der Waals surface area (Å²) in [6, 6.07) is 7.92. The van der Waals surface area contributed by atoms with Gasteiger partial charge in [0.1, 0.15) is 10.6 Å². The van der Waals surface area contributed by atoms with Gasteiger partial charge in [0.25, 0.3) is 0 Å². The van der Waals surface area contributed by atoms with Crippen molar-refractivity contribution in [2.24, 2.45) is 4.99 Å². The van der Waals surface area contributed by atoms with Gasteiger partial charge in [-0.05, 0) is 30.2 Å². The summed E-state index contributed by atoms with van der Waals surface area (Å²) >= 11 is 5.68. The second-order valence-electron chi connectivity index (χ2n) is 4.41. The van der Waals surface area contributed by atoms with Crippen LogP contribution in [0.3, 0.4) is 0 Å². The highest BCUT2D eigenvalue weighted by Gasteiger charge is 2.38. The van der Waals surface area contributed by atoms with Gasteiger partial charge in [0.15, 0.2) is 0 Å². The summed E-state index contributed by atoms with van der Waals surface area (Å²) in [6.45, 7) is 0.355. The maximum absolute atomic E-state index is 12.3. The van der Waals surface area contributed by atoms with Gasteiger partial charge >= 0.3 is 12.1 Å². The first-order valence-corrected chi connectivity index (χ1v) is 6.66. The van der Waals surface area contributed by atoms with E-state index in [1.54, 1.807) is 30.6 Å². The van der Waals surface area contributed by atoms with Crippen molar-refractivity contribution in [3.05, 3.63) is 58.9 Å². The first-order chi connectivity index (χ1) is 10.4. The summed E-state index contributed by atoms with van der Waals surface area (Å²) in [5.74, 6) is -2.12. The first kappa shape index (κ1) is 16.2. The van der Waals surface area contributed by atoms with Crippen molar-refractivity contribution in [1.29, 1.82) is 0 Å². The number of amides is 1. The fourth-order valence-electron chi connectivity index (χ4n) is 1.73. The Morgan fingerprint density at radius 2 is 2.05 bits per heavy atom. The summed E-state index contributed by atoms with van der Waals surface area (Å²) in [4.78, 5) is 18.0. The van der Waals surface area contributed by atoms with Crippen LogP contribution in [0.5, 0.6) is 0 Å². The molecule has 2 heterocycles. The Bertz CT molecular complexity index is 723. The third-order valence-corrected chi connectivity index (χ3v) is 3.03. The van der Waals surface area contributed by atoms with Gasteiger partial charge in [-0.1, -0.05) is 23.7 Å². The minimum absolute atomic E-state index is 0.0493. The molecule has 0 spiro atoms. The van der Waals surface area contributed by atoms with Gasteiger partial charge in [-0.25, -0.2) is 4.98 Å². The third kappa shape index (κ3) is 4.42. The van der Waals surface area contributed by atoms with Gasteiger partial charge in [-0.2, -0.15) is 18.2 Å². The molecular weight excluding hydrogens is 319 g/mol. The van der Waals surface area contributed by atoms with E-state index in [1.165, 1.54) is 16.7 Å². The van der Waals surface area contributed by atoms with Crippen molar-refractivity contribution >= 4 is 17.5 Å². The van der Waals surface area contributed by atoms with Gasteiger partial charge in [-0.15, -0.1) is 0 Å². The van der Waals surface area contributed by atoms with E-state index in [-0.39, 0.29) is 5.49 Å². The van der Waals surface area contributed by atoms with Crippen LogP contribution < -0.4 is 5.49 Å². The van der Waals surface area contributed by atoms with Crippen LogP contribution in [0.1, 0.15) is 5.56 Å². The van der Waals surface area contributed by atoms with E-state index < -0.39 is 12.1 Å². The van der Waals surface area contributed by atoms with Crippen LogP contribution >= 0.6 is 11.6 Å². The number of alkyl halides is 3. The number of carbonyl (C=O) groups excluding carboxylic acids is 1. The Morgan fingerprint density at radius 1 is 1.27 bits per heavy atom. The molecule has 0 aromatic carbocycles. The van der Waals surface area contributed by atoms with Crippen molar-refractivity contribution in [2.45, 2.75) is 19.1 Å². The zero-order valence-electron chi connectivity index (χ0n) is 11.2. The topological polar surface area (TPSA) is 47.2 Å². The highest BCUT2D eigenvalue weighted by molar-refractivity contribution is 6.29. The Morgan fingerprint density at radius 3 is 2.68 bits per heavy atom. The van der Waals surface area contributed by atoms with Crippen molar-refractivity contribution in [2.75, 3.05) is 0 Å². The van der Waals surface area contributed by atoms with E-state index in [4.69, 9.17) is 11.6 Å². The molecule has 0 aliphatic carbocycles. The molecule has 2 aromatic heterocycles. The zero-order chi connectivity index (χ0) is 16.2. The van der Waals surface area contributed by atoms with E-state index in [1.807, 2.05) is 0 Å². The molecular formula is C14H11ClF3N3O. The molecule has 0 N–H and O–H groups in total. The van der Waals surface area contributed by atoms with Crippen molar-refractivity contribution in [1.82, 2.24) is 9.55 Å². The number of pyridine rings is 2. The van der Waals surface area contributed by atoms with Gasteiger partial charge in [-0.3, -0.25) is 4.79 Å². The Hall–Kier alpha value is -2.15. The van der Waals surface area contributed by atoms with E-state index in [9.17, 15) is 18.0 Å². The average Bonchev–Trinajstić information content (AvgIpc) is 2.47. The minimum atomic E-state index is -4.98. The number of carbonyl (C=O) groups is 1. The Labute approximate surface area is 128 Å². The van der Waals surface area contributed by atoms with Crippen LogP contribution in [-0.4, -0.2) is 21.6 Å². The lowest BCUT2D eigenvalue weighted by Gasteiger charge is -2.07. The minimum Gasteiger partial charge on any atom is -0.333 e. The monoisotopic (exact) mass is 329 g/mol. The maximum Gasteiger partial charge on any atom is 0.473 e. The molecule has 4 nitrogen and oxygen atoms in total. The Balaban J connectivity index is 2.20. The number of halogens is 4. The fourth-order valence-corrected chi connectivity index (χ4v) is 1.84. The van der Waals surface area contributed by atoms with Crippen molar-refractivity contribution < 1.29 is 18.0 Å². The summed E-state index contributed by atoms with van der Waals surface area (Å²) in [5.41, 5.74) is 0.820. The predicted molar refractivity (Wildman–Crippen MR) is 74.0 cm³/mol. The summed E-state index contributed by atoms with van der Waals surface area (Å²) in [7, 11) is 0. The number of hydrogen-bond acceptors (Lipinski definition) is 2. The second kappa shape index (κ2) is 6.74. The maximum atomic E-state index is 12.3. The van der Waals surface area contributed by atoms with Gasteiger partial charge < -0.3 is 4.57 Å². The largest absolute Gasteiger partial charge is 0.473 e. The van der Waals surface area contributed by atoms with E-state index >= 15 is 0 Å². The number of hydrogen-bond donors (Lipinski definition) is 0. The van der Waals surface area contributed by atoms with E-state index in [0.717, 1.165) is 5.56 Å². The lowest BCUT2D eigenvalue weighted by atomic mass is 10.2. The molecule has 0 bridgehead atoms. The van der Waals surface area contributed by atoms with Crippen LogP contribution in [0.25, 0.3) is 0 Å². The highest BCUT2D eigenvalue weighted by atomic mass is 35.5. The van der Waals surface area contributed by atoms with Gasteiger partial charge in [0.2, 0.25) is 0 Å². The van der Waals surface area contributed by atoms with Crippen LogP contribution in [-0.2, 0) is 17.8 Å². The molecule has 0 unspecified atom stereocenters. The standard InChI is InChI=1S/C14H11ClF3N3O/c15-11-5-4-10(9-19-11)6-8-21-7-2-1-3-12(21)20-13(22)14(16,17)18/h1-5,7,9H,6,8H2. The second-order valence-corrected chi connectivity index (χ2v) is 4.79. The fraction of sp³-hybridized carbons (Fsp3) is 0.214. The van der Waals surface area contributed by atoms with Crippen LogP contribution in [0.4, 0.5) is 13.2 Å². The normalized spacial score (nSPS) is 12.5. The highest BCUT2D eigenvalue weighted by Crippen LogP contribution is 2.15. The molecule has 1 amide bonds. The molecule has 22 heavy (non-hydrogen) atoms. The molecule has 8 heteroatoms. The smallest absolute Gasteiger partial charge is 0.333 e. The molecule has 0 aliphatic rings. The van der Waals surface area contributed by atoms with E-state index in [0.29, 0.717) is 18.1 Å². The molecule has 0 radical (unpaired) electrons. The van der Waals surface area contributed by atoms with Crippen LogP contribution in [0.2, 0.25) is 5.15 Å². The van der Waals surface area contributed by atoms with Gasteiger partial charge in [0.05, 0.1) is 0 Å². The molecule has 0 saturated heterocycles. The van der Waals surface area contributed by atoms with Crippen molar-refractivity contribution in [3.63, 3.8) is 0 Å². The molecule has 116 valence electrons. The molecule has 0 saturated carbocycles. The van der Waals surface area contributed by atoms with Crippen LogP contribution in [0.15, 0.2) is 47.7 Å². The average molecular weight is 330 g/mol. The summed E-state index contributed by atoms with van der Waals surface area (Å²) < 4.78 is 38.3. The molecule has 2 rings (SSSR count). The molecule has 2 aromatic rings. The molecule has 0 atom stereocenters. The summed E-state index contributed by atoms with van der Waals surface area (Å²) in [6.07, 6.45) is -1.31. The van der Waals surface area contributed by atoms with Gasteiger partial charge in [0, 0.05) is 18.9 Å². The molecule has 0 fully saturated rings. The van der Waals surface area contributed by atoms with Crippen LogP contribution in [0, 0.1) is 0 Å². The van der Waals surface area contributed by atoms with Crippen molar-refractivity contribution in [3.8, 4) is 0 Å². The SMILES string of the molecule is O=C(N=c1ccccn1CCc1ccc(Cl)nc1)C(F)(F)F. The number of aromatic nitrogens is 2. The number of aryl methyl sites for hydroxylation is 2. The quantitative estimate of drug-likeness (QED) is 0.813. The Kier molecular flexibility index (Phi) is 4.97. The zero-order valence-corrected chi connectivity index (χ0v) is 12.0.